The lowest BCUT2D eigenvalue weighted by atomic mass is 9.83. The molecule has 4 N–H and O–H groups in total. The highest BCUT2D eigenvalue weighted by molar-refractivity contribution is 5.55. The second-order valence-electron chi connectivity index (χ2n) is 6.58. The molecule has 0 amide bonds. The summed E-state index contributed by atoms with van der Waals surface area (Å²) >= 11 is 0. The molecule has 122 valence electrons. The molecule has 0 saturated heterocycles. The van der Waals surface area contributed by atoms with Crippen LogP contribution >= 0.6 is 0 Å². The third-order valence-corrected chi connectivity index (χ3v) is 4.67. The number of anilines is 2. The van der Waals surface area contributed by atoms with E-state index in [0.29, 0.717) is 0 Å². The number of aryl methyl sites for hydroxylation is 3. The van der Waals surface area contributed by atoms with Gasteiger partial charge in [0, 0.05) is 17.3 Å². The van der Waals surface area contributed by atoms with E-state index in [0.717, 1.165) is 22.5 Å². The molecule has 0 bridgehead atoms. The quantitative estimate of drug-likeness (QED) is 0.530. The lowest BCUT2D eigenvalue weighted by Gasteiger charge is -2.21. The minimum atomic E-state index is 0.171. The van der Waals surface area contributed by atoms with Crippen LogP contribution in [-0.4, -0.2) is 0 Å². The van der Waals surface area contributed by atoms with E-state index in [1.165, 1.54) is 22.3 Å². The first-order chi connectivity index (χ1) is 11.5. The maximum atomic E-state index is 6.01. The zero-order valence-corrected chi connectivity index (χ0v) is 14.5. The summed E-state index contributed by atoms with van der Waals surface area (Å²) in [5, 5.41) is 0. The fraction of sp³-hybridized carbons (Fsp3) is 0.182. The Morgan fingerprint density at radius 1 is 0.583 bits per heavy atom. The lowest BCUT2D eigenvalue weighted by molar-refractivity contribution is 0.971. The SMILES string of the molecule is Cc1ccc(C(c2ccc(N)c(C)c2)c2ccc(N)c(C)c2)cc1. The Morgan fingerprint density at radius 3 is 1.42 bits per heavy atom. The van der Waals surface area contributed by atoms with Gasteiger partial charge in [0.2, 0.25) is 0 Å². The van der Waals surface area contributed by atoms with E-state index in [2.05, 4.69) is 69.3 Å². The van der Waals surface area contributed by atoms with Crippen LogP contribution in [0.3, 0.4) is 0 Å². The van der Waals surface area contributed by atoms with E-state index < -0.39 is 0 Å². The minimum absolute atomic E-state index is 0.171. The van der Waals surface area contributed by atoms with Gasteiger partial charge in [-0.15, -0.1) is 0 Å². The molecule has 0 aromatic heterocycles. The van der Waals surface area contributed by atoms with Gasteiger partial charge in [-0.3, -0.25) is 0 Å². The Balaban J connectivity index is 2.17. The van der Waals surface area contributed by atoms with Gasteiger partial charge >= 0.3 is 0 Å². The standard InChI is InChI=1S/C22H24N2/c1-14-4-6-17(7-5-14)22(18-8-10-20(23)15(2)12-18)19-9-11-21(24)16(3)13-19/h4-13,22H,23-24H2,1-3H3. The number of hydrogen-bond donors (Lipinski definition) is 2. The van der Waals surface area contributed by atoms with Crippen molar-refractivity contribution in [2.45, 2.75) is 26.7 Å². The number of hydrogen-bond acceptors (Lipinski definition) is 2. The first kappa shape index (κ1) is 16.1. The summed E-state index contributed by atoms with van der Waals surface area (Å²) in [6, 6.07) is 21.3. The summed E-state index contributed by atoms with van der Waals surface area (Å²) in [5.74, 6) is 0.171. The molecule has 0 spiro atoms. The van der Waals surface area contributed by atoms with Crippen LogP contribution in [0.25, 0.3) is 0 Å². The first-order valence-electron chi connectivity index (χ1n) is 8.24. The van der Waals surface area contributed by atoms with Crippen molar-refractivity contribution in [3.63, 3.8) is 0 Å². The number of nitrogen functional groups attached to an aromatic ring is 2. The normalized spacial score (nSPS) is 11.0. The van der Waals surface area contributed by atoms with Gasteiger partial charge in [-0.05, 0) is 60.7 Å². The van der Waals surface area contributed by atoms with E-state index >= 15 is 0 Å². The molecule has 0 radical (unpaired) electrons. The van der Waals surface area contributed by atoms with Crippen LogP contribution in [0.4, 0.5) is 11.4 Å². The van der Waals surface area contributed by atoms with E-state index in [1.807, 2.05) is 12.1 Å². The van der Waals surface area contributed by atoms with Crippen LogP contribution in [0, 0.1) is 20.8 Å². The largest absolute Gasteiger partial charge is 0.399 e. The van der Waals surface area contributed by atoms with Crippen molar-refractivity contribution in [3.8, 4) is 0 Å². The zero-order chi connectivity index (χ0) is 17.3. The van der Waals surface area contributed by atoms with Crippen LogP contribution in [0.1, 0.15) is 39.3 Å². The van der Waals surface area contributed by atoms with E-state index in [1.54, 1.807) is 0 Å². The van der Waals surface area contributed by atoms with Gasteiger partial charge in [0.1, 0.15) is 0 Å². The Bertz CT molecular complexity index is 812. The predicted octanol–water partition coefficient (Wildman–Crippen LogP) is 4.96. The van der Waals surface area contributed by atoms with Gasteiger partial charge in [0.05, 0.1) is 0 Å². The summed E-state index contributed by atoms with van der Waals surface area (Å²) in [6.45, 7) is 6.22. The zero-order valence-electron chi connectivity index (χ0n) is 14.5. The van der Waals surface area contributed by atoms with Crippen molar-refractivity contribution in [1.82, 2.24) is 0 Å². The van der Waals surface area contributed by atoms with Crippen molar-refractivity contribution in [2.75, 3.05) is 11.5 Å². The van der Waals surface area contributed by atoms with Gasteiger partial charge < -0.3 is 11.5 Å². The molecule has 0 unspecified atom stereocenters. The summed E-state index contributed by atoms with van der Waals surface area (Å²) in [4.78, 5) is 0. The van der Waals surface area contributed by atoms with Gasteiger partial charge in [-0.2, -0.15) is 0 Å². The number of rotatable bonds is 3. The molecule has 0 saturated carbocycles. The highest BCUT2D eigenvalue weighted by atomic mass is 14.6. The molecule has 0 fully saturated rings. The maximum absolute atomic E-state index is 6.01. The second kappa shape index (κ2) is 6.40. The van der Waals surface area contributed by atoms with Gasteiger partial charge in [-0.25, -0.2) is 0 Å². The van der Waals surface area contributed by atoms with E-state index in [-0.39, 0.29) is 5.92 Å². The molecule has 3 aromatic carbocycles. The molecule has 24 heavy (non-hydrogen) atoms. The van der Waals surface area contributed by atoms with Crippen molar-refractivity contribution < 1.29 is 0 Å². The highest BCUT2D eigenvalue weighted by Gasteiger charge is 2.18. The number of nitrogens with two attached hydrogens (primary N) is 2. The van der Waals surface area contributed by atoms with Crippen molar-refractivity contribution in [1.29, 1.82) is 0 Å². The van der Waals surface area contributed by atoms with E-state index in [9.17, 15) is 0 Å². The summed E-state index contributed by atoms with van der Waals surface area (Å²) in [5.41, 5.74) is 20.9. The fourth-order valence-electron chi connectivity index (χ4n) is 3.09. The Hall–Kier alpha value is -2.74. The lowest BCUT2D eigenvalue weighted by Crippen LogP contribution is -2.05. The molecule has 3 aromatic rings. The van der Waals surface area contributed by atoms with Crippen molar-refractivity contribution in [2.24, 2.45) is 0 Å². The monoisotopic (exact) mass is 316 g/mol. The summed E-state index contributed by atoms with van der Waals surface area (Å²) in [7, 11) is 0. The molecule has 3 rings (SSSR count). The van der Waals surface area contributed by atoms with Crippen LogP contribution in [0.2, 0.25) is 0 Å². The second-order valence-corrected chi connectivity index (χ2v) is 6.58. The van der Waals surface area contributed by atoms with Gasteiger partial charge in [-0.1, -0.05) is 54.1 Å². The Kier molecular flexibility index (Phi) is 4.30. The van der Waals surface area contributed by atoms with Crippen molar-refractivity contribution >= 4 is 11.4 Å². The molecule has 0 aliphatic rings. The average Bonchev–Trinajstić information content (AvgIpc) is 2.56. The molecule has 0 heterocycles. The minimum Gasteiger partial charge on any atom is -0.399 e. The molecule has 0 atom stereocenters. The van der Waals surface area contributed by atoms with Crippen LogP contribution in [0.5, 0.6) is 0 Å². The smallest absolute Gasteiger partial charge is 0.0343 e. The van der Waals surface area contributed by atoms with Crippen LogP contribution in [0.15, 0.2) is 60.7 Å². The topological polar surface area (TPSA) is 52.0 Å². The predicted molar refractivity (Wildman–Crippen MR) is 103 cm³/mol. The van der Waals surface area contributed by atoms with Gasteiger partial charge in [0.15, 0.2) is 0 Å². The molecular formula is C22H24N2. The summed E-state index contributed by atoms with van der Waals surface area (Å²) in [6.07, 6.45) is 0. The third kappa shape index (κ3) is 3.13. The molecule has 0 aliphatic carbocycles. The molecule has 2 nitrogen and oxygen atoms in total. The molecule has 0 aliphatic heterocycles. The maximum Gasteiger partial charge on any atom is 0.0343 e. The van der Waals surface area contributed by atoms with Crippen LogP contribution in [-0.2, 0) is 0 Å². The Morgan fingerprint density at radius 2 is 1.00 bits per heavy atom. The fourth-order valence-corrected chi connectivity index (χ4v) is 3.09. The first-order valence-corrected chi connectivity index (χ1v) is 8.24. The third-order valence-electron chi connectivity index (χ3n) is 4.67. The average molecular weight is 316 g/mol. The molecule has 2 heteroatoms. The number of benzene rings is 3. The Labute approximate surface area is 144 Å². The van der Waals surface area contributed by atoms with E-state index in [4.69, 9.17) is 11.5 Å². The molecular weight excluding hydrogens is 292 g/mol. The highest BCUT2D eigenvalue weighted by Crippen LogP contribution is 2.34. The van der Waals surface area contributed by atoms with Crippen molar-refractivity contribution in [3.05, 3.63) is 94.0 Å². The summed E-state index contributed by atoms with van der Waals surface area (Å²) < 4.78 is 0. The van der Waals surface area contributed by atoms with Crippen LogP contribution < -0.4 is 11.5 Å². The van der Waals surface area contributed by atoms with Gasteiger partial charge in [0.25, 0.3) is 0 Å².